The number of anilines is 2. The van der Waals surface area contributed by atoms with E-state index in [1.54, 1.807) is 30.5 Å². The molecule has 2 bridgehead atoms. The summed E-state index contributed by atoms with van der Waals surface area (Å²) >= 11 is 0. The van der Waals surface area contributed by atoms with Crippen LogP contribution in [0.15, 0.2) is 72.9 Å². The number of benzene rings is 2. The van der Waals surface area contributed by atoms with Gasteiger partial charge in [-0.25, -0.2) is 0 Å². The van der Waals surface area contributed by atoms with E-state index in [2.05, 4.69) is 22.5 Å². The maximum absolute atomic E-state index is 12.9. The maximum atomic E-state index is 12.9. The highest BCUT2D eigenvalue weighted by Crippen LogP contribution is 2.53. The smallest absolute Gasteiger partial charge is 0.255 e. The first-order chi connectivity index (χ1) is 15.1. The summed E-state index contributed by atoms with van der Waals surface area (Å²) in [4.78, 5) is 44.1. The molecular formula is C25H19N3O3. The van der Waals surface area contributed by atoms with Crippen LogP contribution < -0.4 is 10.2 Å². The molecule has 0 unspecified atom stereocenters. The van der Waals surface area contributed by atoms with Gasteiger partial charge in [0.05, 0.1) is 23.0 Å². The van der Waals surface area contributed by atoms with Crippen LogP contribution >= 0.6 is 0 Å². The monoisotopic (exact) mass is 409 g/mol. The normalized spacial score (nSPS) is 26.0. The van der Waals surface area contributed by atoms with Gasteiger partial charge >= 0.3 is 0 Å². The summed E-state index contributed by atoms with van der Waals surface area (Å²) in [5.74, 6) is -0.589. The molecule has 4 atom stereocenters. The van der Waals surface area contributed by atoms with Crippen LogP contribution in [-0.4, -0.2) is 22.7 Å². The van der Waals surface area contributed by atoms with Gasteiger partial charge in [0.25, 0.3) is 5.91 Å². The molecule has 152 valence electrons. The Balaban J connectivity index is 1.21. The Morgan fingerprint density at radius 1 is 0.935 bits per heavy atom. The first kappa shape index (κ1) is 18.0. The summed E-state index contributed by atoms with van der Waals surface area (Å²) in [6.07, 6.45) is 6.80. The fraction of sp³-hybridized carbons (Fsp3) is 0.200. The lowest BCUT2D eigenvalue weighted by Gasteiger charge is -2.17. The van der Waals surface area contributed by atoms with E-state index in [1.807, 2.05) is 30.3 Å². The van der Waals surface area contributed by atoms with E-state index >= 15 is 0 Å². The third kappa shape index (κ3) is 2.71. The minimum absolute atomic E-state index is 0.117. The summed E-state index contributed by atoms with van der Waals surface area (Å²) in [6.45, 7) is 0. The predicted molar refractivity (Wildman–Crippen MR) is 116 cm³/mol. The Morgan fingerprint density at radius 3 is 2.35 bits per heavy atom. The lowest BCUT2D eigenvalue weighted by atomic mass is 9.85. The second-order valence-electron chi connectivity index (χ2n) is 8.42. The Labute approximate surface area is 178 Å². The first-order valence-electron chi connectivity index (χ1n) is 10.4. The zero-order chi connectivity index (χ0) is 21.1. The Morgan fingerprint density at radius 2 is 1.65 bits per heavy atom. The van der Waals surface area contributed by atoms with E-state index < -0.39 is 0 Å². The van der Waals surface area contributed by atoms with Crippen LogP contribution in [0.3, 0.4) is 0 Å². The minimum atomic E-state index is -0.257. The van der Waals surface area contributed by atoms with Crippen molar-refractivity contribution in [1.29, 1.82) is 0 Å². The van der Waals surface area contributed by atoms with Gasteiger partial charge in [-0.1, -0.05) is 18.2 Å². The molecule has 3 aromatic rings. The third-order valence-corrected chi connectivity index (χ3v) is 6.72. The van der Waals surface area contributed by atoms with Gasteiger partial charge in [0.2, 0.25) is 11.8 Å². The number of carbonyl (C=O) groups excluding carboxylic acids is 3. The minimum Gasteiger partial charge on any atom is -0.322 e. The van der Waals surface area contributed by atoms with Crippen LogP contribution in [0.25, 0.3) is 10.9 Å². The molecule has 0 radical (unpaired) electrons. The Bertz CT molecular complexity index is 1250. The lowest BCUT2D eigenvalue weighted by Crippen LogP contribution is -2.32. The summed E-state index contributed by atoms with van der Waals surface area (Å²) in [5, 5.41) is 3.83. The molecule has 1 N–H and O–H groups in total. The third-order valence-electron chi connectivity index (χ3n) is 6.72. The molecule has 6 rings (SSSR count). The number of rotatable bonds is 3. The second kappa shape index (κ2) is 6.60. The van der Waals surface area contributed by atoms with Crippen LogP contribution in [0.4, 0.5) is 11.4 Å². The SMILES string of the molecule is O=C(Nc1ccc2ncccc2c1)c1ccc(N2C(=O)[C@H]3[C@H](C2=O)[C@H]2C=C[C@H]3C2)cc1. The fourth-order valence-corrected chi connectivity index (χ4v) is 5.28. The number of carbonyl (C=O) groups is 3. The van der Waals surface area contributed by atoms with Crippen LogP contribution in [0.1, 0.15) is 16.8 Å². The number of hydrogen-bond acceptors (Lipinski definition) is 4. The number of hydrogen-bond donors (Lipinski definition) is 1. The molecule has 3 aliphatic rings. The first-order valence-corrected chi connectivity index (χ1v) is 10.4. The topological polar surface area (TPSA) is 79.4 Å². The molecule has 6 nitrogen and oxygen atoms in total. The maximum Gasteiger partial charge on any atom is 0.255 e. The molecule has 2 heterocycles. The van der Waals surface area contributed by atoms with Gasteiger partial charge in [-0.05, 0) is 66.8 Å². The lowest BCUT2D eigenvalue weighted by molar-refractivity contribution is -0.123. The number of allylic oxidation sites excluding steroid dienone is 2. The van der Waals surface area contributed by atoms with Gasteiger partial charge in [0, 0.05) is 22.8 Å². The van der Waals surface area contributed by atoms with Crippen molar-refractivity contribution in [2.75, 3.05) is 10.2 Å². The zero-order valence-corrected chi connectivity index (χ0v) is 16.6. The average Bonchev–Trinajstić information content (AvgIpc) is 3.47. The number of nitrogens with one attached hydrogen (secondary N) is 1. The summed E-state index contributed by atoms with van der Waals surface area (Å²) in [5.41, 5.74) is 2.52. The van der Waals surface area contributed by atoms with Gasteiger partial charge in [-0.3, -0.25) is 24.3 Å². The quantitative estimate of drug-likeness (QED) is 0.527. The fourth-order valence-electron chi connectivity index (χ4n) is 5.28. The van der Waals surface area contributed by atoms with Crippen molar-refractivity contribution >= 4 is 40.0 Å². The van der Waals surface area contributed by atoms with Crippen LogP contribution in [0.2, 0.25) is 0 Å². The van der Waals surface area contributed by atoms with Crippen LogP contribution in [-0.2, 0) is 9.59 Å². The number of fused-ring (bicyclic) bond motifs is 6. The molecule has 1 saturated carbocycles. The zero-order valence-electron chi connectivity index (χ0n) is 16.6. The van der Waals surface area contributed by atoms with E-state index in [0.717, 1.165) is 17.3 Å². The number of aromatic nitrogens is 1. The molecule has 2 fully saturated rings. The van der Waals surface area contributed by atoms with Crippen molar-refractivity contribution < 1.29 is 14.4 Å². The summed E-state index contributed by atoms with van der Waals surface area (Å²) in [6, 6.07) is 16.0. The van der Waals surface area contributed by atoms with Crippen molar-refractivity contribution in [2.24, 2.45) is 23.7 Å². The molecule has 2 aromatic carbocycles. The van der Waals surface area contributed by atoms with E-state index in [0.29, 0.717) is 16.9 Å². The van der Waals surface area contributed by atoms with Gasteiger partial charge < -0.3 is 5.32 Å². The highest BCUT2D eigenvalue weighted by molar-refractivity contribution is 6.23. The van der Waals surface area contributed by atoms with Gasteiger partial charge in [0.1, 0.15) is 0 Å². The van der Waals surface area contributed by atoms with Crippen molar-refractivity contribution in [1.82, 2.24) is 4.98 Å². The number of imide groups is 1. The van der Waals surface area contributed by atoms with E-state index in [9.17, 15) is 14.4 Å². The molecule has 2 aliphatic carbocycles. The van der Waals surface area contributed by atoms with Gasteiger partial charge in [0.15, 0.2) is 0 Å². The predicted octanol–water partition coefficient (Wildman–Crippen LogP) is 3.80. The van der Waals surface area contributed by atoms with Crippen LogP contribution in [0.5, 0.6) is 0 Å². The summed E-state index contributed by atoms with van der Waals surface area (Å²) < 4.78 is 0. The molecule has 3 amide bonds. The van der Waals surface area contributed by atoms with Crippen molar-refractivity contribution in [3.8, 4) is 0 Å². The Kier molecular flexibility index (Phi) is 3.84. The standard InChI is InChI=1S/C25H19N3O3/c29-23(27-18-7-10-20-15(13-18)2-1-11-26-20)14-5-8-19(9-6-14)28-24(30)21-16-3-4-17(12-16)22(21)25(28)31/h1-11,13,16-17,21-22H,12H2,(H,27,29)/t16-,17-,21+,22+/m0/s1. The summed E-state index contributed by atoms with van der Waals surface area (Å²) in [7, 11) is 0. The van der Waals surface area contributed by atoms with Crippen molar-refractivity contribution in [3.63, 3.8) is 0 Å². The molecule has 6 heteroatoms. The molecular weight excluding hydrogens is 390 g/mol. The number of amides is 3. The molecule has 31 heavy (non-hydrogen) atoms. The van der Waals surface area contributed by atoms with E-state index in [-0.39, 0.29) is 41.4 Å². The van der Waals surface area contributed by atoms with Gasteiger partial charge in [-0.15, -0.1) is 0 Å². The van der Waals surface area contributed by atoms with E-state index in [4.69, 9.17) is 0 Å². The van der Waals surface area contributed by atoms with E-state index in [1.165, 1.54) is 4.90 Å². The number of nitrogens with zero attached hydrogens (tertiary/aromatic N) is 2. The highest BCUT2D eigenvalue weighted by Gasteiger charge is 2.59. The Hall–Kier alpha value is -3.80. The second-order valence-corrected chi connectivity index (χ2v) is 8.42. The highest BCUT2D eigenvalue weighted by atomic mass is 16.2. The van der Waals surface area contributed by atoms with Gasteiger partial charge in [-0.2, -0.15) is 0 Å². The molecule has 0 spiro atoms. The molecule has 1 aromatic heterocycles. The molecule has 1 saturated heterocycles. The van der Waals surface area contributed by atoms with Crippen molar-refractivity contribution in [3.05, 3.63) is 78.5 Å². The largest absolute Gasteiger partial charge is 0.322 e. The number of pyridine rings is 1. The van der Waals surface area contributed by atoms with Crippen LogP contribution in [0, 0.1) is 23.7 Å². The molecule has 1 aliphatic heterocycles. The average molecular weight is 409 g/mol. The van der Waals surface area contributed by atoms with Crippen molar-refractivity contribution in [2.45, 2.75) is 6.42 Å².